The van der Waals surface area contributed by atoms with Gasteiger partial charge in [-0.15, -0.1) is 0 Å². The number of hydrogen-bond donors (Lipinski definition) is 0. The molecule has 0 fully saturated rings. The molecule has 0 amide bonds. The van der Waals surface area contributed by atoms with Crippen LogP contribution in [0, 0.1) is 0 Å². The molecule has 1 aromatic carbocycles. The summed E-state index contributed by atoms with van der Waals surface area (Å²) in [5, 5.41) is 0. The number of alkyl halides is 3. The Morgan fingerprint density at radius 1 is 1.11 bits per heavy atom. The average Bonchev–Trinajstić information content (AvgIpc) is 2.30. The molecule has 0 unspecified atom stereocenters. The molecule has 0 N–H and O–H groups in total. The van der Waals surface area contributed by atoms with E-state index in [2.05, 4.69) is 44.2 Å². The van der Waals surface area contributed by atoms with Gasteiger partial charge in [0.2, 0.25) is 0 Å². The van der Waals surface area contributed by atoms with E-state index in [-0.39, 0.29) is 0 Å². The van der Waals surface area contributed by atoms with Gasteiger partial charge in [-0.1, -0.05) is 18.2 Å². The van der Waals surface area contributed by atoms with Crippen molar-refractivity contribution in [2.45, 2.75) is 24.3 Å². The second-order valence-electron chi connectivity index (χ2n) is 3.28. The quantitative estimate of drug-likeness (QED) is 0.489. The lowest BCUT2D eigenvalue weighted by Gasteiger charge is -2.08. The fourth-order valence-corrected chi connectivity index (χ4v) is 2.77. The second-order valence-corrected chi connectivity index (χ2v) is 7.27. The van der Waals surface area contributed by atoms with Crippen molar-refractivity contribution < 1.29 is 26.1 Å². The van der Waals surface area contributed by atoms with Gasteiger partial charge in [-0.25, -0.2) is 8.42 Å². The minimum Gasteiger partial charge on any atom is -0.741 e. The van der Waals surface area contributed by atoms with E-state index in [4.69, 9.17) is 13.0 Å². The van der Waals surface area contributed by atoms with E-state index < -0.39 is 15.6 Å². The van der Waals surface area contributed by atoms with Crippen LogP contribution in [0.3, 0.4) is 0 Å². The Bertz CT molecular complexity index is 454. The molecule has 3 nitrogen and oxygen atoms in total. The summed E-state index contributed by atoms with van der Waals surface area (Å²) < 4.78 is 58.9. The highest BCUT2D eigenvalue weighted by molar-refractivity contribution is 7.96. The lowest BCUT2D eigenvalue weighted by atomic mass is 10.4. The smallest absolute Gasteiger partial charge is 0.485 e. The zero-order chi connectivity index (χ0) is 15.1. The third-order valence-corrected chi connectivity index (χ3v) is 4.96. The summed E-state index contributed by atoms with van der Waals surface area (Å²) in [5.74, 6) is 2.56. The van der Waals surface area contributed by atoms with Crippen LogP contribution >= 0.6 is 0 Å². The summed E-state index contributed by atoms with van der Waals surface area (Å²) >= 11 is 0. The zero-order valence-corrected chi connectivity index (χ0v) is 12.1. The van der Waals surface area contributed by atoms with Crippen LogP contribution in [0.25, 0.3) is 0 Å². The maximum absolute atomic E-state index is 10.7. The van der Waals surface area contributed by atoms with Crippen molar-refractivity contribution >= 4 is 21.0 Å². The lowest BCUT2D eigenvalue weighted by Crippen LogP contribution is -2.21. The summed E-state index contributed by atoms with van der Waals surface area (Å²) in [6.07, 6.45) is 0. The van der Waals surface area contributed by atoms with Gasteiger partial charge in [-0.3, -0.25) is 0 Å². The summed E-state index contributed by atoms with van der Waals surface area (Å²) in [6, 6.07) is 10.8. The molecule has 0 bridgehead atoms. The normalized spacial score (nSPS) is 11.9. The molecule has 0 aliphatic carbocycles. The highest BCUT2D eigenvalue weighted by Gasteiger charge is 2.36. The second kappa shape index (κ2) is 7.76. The van der Waals surface area contributed by atoms with Crippen LogP contribution < -0.4 is 0 Å². The van der Waals surface area contributed by atoms with Crippen LogP contribution in [0.5, 0.6) is 0 Å². The average molecular weight is 316 g/mol. The van der Waals surface area contributed by atoms with Gasteiger partial charge in [0.25, 0.3) is 0 Å². The number of benzene rings is 1. The molecule has 0 spiro atoms. The molecule has 0 heterocycles. The van der Waals surface area contributed by atoms with Crippen LogP contribution in [-0.4, -0.2) is 30.0 Å². The van der Waals surface area contributed by atoms with E-state index in [9.17, 15) is 13.2 Å². The predicted molar refractivity (Wildman–Crippen MR) is 68.9 cm³/mol. The molecule has 1 aromatic rings. The third-order valence-electron chi connectivity index (χ3n) is 2.06. The van der Waals surface area contributed by atoms with Crippen molar-refractivity contribution in [3.8, 4) is 0 Å². The fourth-order valence-electron chi connectivity index (χ4n) is 1.15. The van der Waals surface area contributed by atoms with E-state index >= 15 is 0 Å². The van der Waals surface area contributed by atoms with Gasteiger partial charge >= 0.3 is 5.51 Å². The number of rotatable bonds is 3. The Hall–Kier alpha value is -0.730. The number of halogens is 3. The summed E-state index contributed by atoms with van der Waals surface area (Å²) in [4.78, 5) is 1.51. The molecule has 0 radical (unpaired) electrons. The van der Waals surface area contributed by atoms with E-state index in [1.54, 1.807) is 0 Å². The van der Waals surface area contributed by atoms with E-state index in [0.29, 0.717) is 10.9 Å². The van der Waals surface area contributed by atoms with Crippen molar-refractivity contribution in [3.05, 3.63) is 30.3 Å². The molecule has 8 heteroatoms. The van der Waals surface area contributed by atoms with Crippen LogP contribution in [0.1, 0.15) is 13.8 Å². The van der Waals surface area contributed by atoms with Gasteiger partial charge in [0.05, 0.1) is 0 Å². The van der Waals surface area contributed by atoms with Gasteiger partial charge in [-0.05, 0) is 26.0 Å². The maximum Gasteiger partial charge on any atom is 0.485 e. The Morgan fingerprint density at radius 3 is 1.74 bits per heavy atom. The number of hydrogen-bond acceptors (Lipinski definition) is 3. The molecule has 0 saturated carbocycles. The van der Waals surface area contributed by atoms with Crippen molar-refractivity contribution in [3.63, 3.8) is 0 Å². The molecule has 0 aliphatic heterocycles. The van der Waals surface area contributed by atoms with Crippen LogP contribution in [0.15, 0.2) is 35.2 Å². The molecule has 19 heavy (non-hydrogen) atoms. The summed E-state index contributed by atoms with van der Waals surface area (Å²) in [7, 11) is -5.59. The van der Waals surface area contributed by atoms with Crippen LogP contribution in [0.4, 0.5) is 13.2 Å². The van der Waals surface area contributed by atoms with E-state index in [0.717, 1.165) is 0 Å². The first-order valence-corrected chi connectivity index (χ1v) is 8.35. The largest absolute Gasteiger partial charge is 0.741 e. The minimum atomic E-state index is -6.09. The fraction of sp³-hybridized carbons (Fsp3) is 0.455. The predicted octanol–water partition coefficient (Wildman–Crippen LogP) is 2.76. The molecular formula is C11H15F3O3S2. The molecule has 110 valence electrons. The monoisotopic (exact) mass is 316 g/mol. The first-order chi connectivity index (χ1) is 8.63. The molecule has 0 saturated heterocycles. The van der Waals surface area contributed by atoms with E-state index in [1.807, 2.05) is 0 Å². The first-order valence-electron chi connectivity index (χ1n) is 5.38. The van der Waals surface area contributed by atoms with Crippen molar-refractivity contribution in [2.75, 3.05) is 11.5 Å². The first kappa shape index (κ1) is 18.3. The van der Waals surface area contributed by atoms with Crippen molar-refractivity contribution in [2.24, 2.45) is 0 Å². The molecule has 0 aliphatic rings. The summed E-state index contributed by atoms with van der Waals surface area (Å²) in [6.45, 7) is 4.53. The highest BCUT2D eigenvalue weighted by atomic mass is 32.2. The molecular weight excluding hydrogens is 301 g/mol. The zero-order valence-electron chi connectivity index (χ0n) is 10.5. The molecule has 1 rings (SSSR count). The Balaban J connectivity index is 0.000000362. The van der Waals surface area contributed by atoms with Gasteiger partial charge < -0.3 is 4.55 Å². The van der Waals surface area contributed by atoms with Gasteiger partial charge in [-0.2, -0.15) is 13.2 Å². The third kappa shape index (κ3) is 6.84. The van der Waals surface area contributed by atoms with E-state index in [1.165, 1.54) is 16.4 Å². The van der Waals surface area contributed by atoms with Crippen molar-refractivity contribution in [1.82, 2.24) is 0 Å². The molecule has 0 atom stereocenters. The standard InChI is InChI=1S/C10H15S.CHF3O3S/c1-3-11(4-2)10-8-6-5-7-9-10;2-1(3,4)8(5,6)7/h5-9H,3-4H2,1-2H3;(H,5,6,7)/q+1;/p-1. The van der Waals surface area contributed by atoms with Crippen molar-refractivity contribution in [1.29, 1.82) is 0 Å². The maximum atomic E-state index is 10.7. The SMILES string of the molecule is CC[S+](CC)c1ccccc1.O=S(=O)([O-])C(F)(F)F. The minimum absolute atomic E-state index is 0.498. The van der Waals surface area contributed by atoms with Gasteiger partial charge in [0, 0.05) is 10.9 Å². The topological polar surface area (TPSA) is 57.2 Å². The Morgan fingerprint density at radius 2 is 1.47 bits per heavy atom. The Labute approximate surface area is 113 Å². The van der Waals surface area contributed by atoms with Gasteiger partial charge in [0.15, 0.2) is 15.0 Å². The lowest BCUT2D eigenvalue weighted by molar-refractivity contribution is -0.0517. The molecule has 0 aromatic heterocycles. The Kier molecular flexibility index (Phi) is 7.46. The van der Waals surface area contributed by atoms with Crippen LogP contribution in [-0.2, 0) is 21.0 Å². The summed E-state index contributed by atoms with van der Waals surface area (Å²) in [5.41, 5.74) is -5.65. The highest BCUT2D eigenvalue weighted by Crippen LogP contribution is 2.20. The van der Waals surface area contributed by atoms with Gasteiger partial charge in [0.1, 0.15) is 11.5 Å². The van der Waals surface area contributed by atoms with Crippen LogP contribution in [0.2, 0.25) is 0 Å².